The molecule has 0 saturated carbocycles. The summed E-state index contributed by atoms with van der Waals surface area (Å²) in [5.41, 5.74) is 2.54. The van der Waals surface area contributed by atoms with Gasteiger partial charge in [-0.1, -0.05) is 37.3 Å². The maximum Gasteiger partial charge on any atom is 0.183 e. The van der Waals surface area contributed by atoms with Crippen molar-refractivity contribution < 1.29 is 9.53 Å². The Labute approximate surface area is 162 Å². The van der Waals surface area contributed by atoms with Crippen LogP contribution in [-0.2, 0) is 11.2 Å². The molecule has 2 aromatic rings. The van der Waals surface area contributed by atoms with Gasteiger partial charge in [0, 0.05) is 38.4 Å². The Hall–Kier alpha value is -2.17. The Morgan fingerprint density at radius 3 is 2.22 bits per heavy atom. The van der Waals surface area contributed by atoms with E-state index in [4.69, 9.17) is 4.74 Å². The van der Waals surface area contributed by atoms with Gasteiger partial charge in [-0.15, -0.1) is 0 Å². The average molecular weight is 367 g/mol. The molecule has 1 saturated heterocycles. The number of morpholine rings is 1. The minimum atomic E-state index is -0.537. The van der Waals surface area contributed by atoms with E-state index in [9.17, 15) is 4.79 Å². The monoisotopic (exact) mass is 366 g/mol. The van der Waals surface area contributed by atoms with Crippen molar-refractivity contribution in [3.05, 3.63) is 65.7 Å². The molecule has 1 aliphatic heterocycles. The van der Waals surface area contributed by atoms with Gasteiger partial charge >= 0.3 is 0 Å². The van der Waals surface area contributed by atoms with E-state index in [2.05, 4.69) is 24.0 Å². The molecular weight excluding hydrogens is 336 g/mol. The molecule has 3 rings (SSSR count). The van der Waals surface area contributed by atoms with E-state index in [0.29, 0.717) is 13.2 Å². The maximum atomic E-state index is 13.8. The van der Waals surface area contributed by atoms with Crippen molar-refractivity contribution in [3.8, 4) is 0 Å². The number of rotatable bonds is 7. The quantitative estimate of drug-likeness (QED) is 0.700. The third-order valence-electron chi connectivity index (χ3n) is 5.61. The first-order chi connectivity index (χ1) is 13.1. The number of carbonyl (C=O) groups is 1. The van der Waals surface area contributed by atoms with Crippen LogP contribution in [0.5, 0.6) is 0 Å². The lowest BCUT2D eigenvalue weighted by Gasteiger charge is -2.44. The SMILES string of the molecule is CCC(Cc1ccccc1)(C(=O)c1ccc(N(C)C)cc1)N1CCOCC1. The molecule has 0 bridgehead atoms. The fraction of sp³-hybridized carbons (Fsp3) is 0.435. The van der Waals surface area contributed by atoms with Crippen molar-refractivity contribution in [1.82, 2.24) is 4.90 Å². The van der Waals surface area contributed by atoms with Crippen LogP contribution in [0, 0.1) is 0 Å². The van der Waals surface area contributed by atoms with E-state index >= 15 is 0 Å². The molecule has 4 heteroatoms. The second-order valence-electron chi connectivity index (χ2n) is 7.42. The molecule has 2 aromatic carbocycles. The summed E-state index contributed by atoms with van der Waals surface area (Å²) in [6.07, 6.45) is 1.49. The van der Waals surface area contributed by atoms with Gasteiger partial charge in [-0.2, -0.15) is 0 Å². The van der Waals surface area contributed by atoms with E-state index < -0.39 is 5.54 Å². The molecule has 1 fully saturated rings. The minimum Gasteiger partial charge on any atom is -0.379 e. The lowest BCUT2D eigenvalue weighted by atomic mass is 9.79. The number of ketones is 1. The molecule has 1 aliphatic rings. The number of hydrogen-bond acceptors (Lipinski definition) is 4. The lowest BCUT2D eigenvalue weighted by molar-refractivity contribution is -0.0163. The number of anilines is 1. The molecule has 0 amide bonds. The summed E-state index contributed by atoms with van der Waals surface area (Å²) in [4.78, 5) is 18.2. The first-order valence-corrected chi connectivity index (χ1v) is 9.76. The average Bonchev–Trinajstić information content (AvgIpc) is 2.73. The van der Waals surface area contributed by atoms with Gasteiger partial charge in [0.25, 0.3) is 0 Å². The Morgan fingerprint density at radius 2 is 1.67 bits per heavy atom. The van der Waals surface area contributed by atoms with Gasteiger partial charge in [0.2, 0.25) is 0 Å². The van der Waals surface area contributed by atoms with Gasteiger partial charge in [0.15, 0.2) is 5.78 Å². The van der Waals surface area contributed by atoms with Gasteiger partial charge < -0.3 is 9.64 Å². The molecule has 0 aliphatic carbocycles. The number of hydrogen-bond donors (Lipinski definition) is 0. The van der Waals surface area contributed by atoms with Gasteiger partial charge in [-0.05, 0) is 42.7 Å². The highest BCUT2D eigenvalue weighted by Crippen LogP contribution is 2.31. The zero-order valence-corrected chi connectivity index (χ0v) is 16.6. The summed E-state index contributed by atoms with van der Waals surface area (Å²) in [6, 6.07) is 18.3. The minimum absolute atomic E-state index is 0.209. The molecule has 144 valence electrons. The summed E-state index contributed by atoms with van der Waals surface area (Å²) >= 11 is 0. The van der Waals surface area contributed by atoms with E-state index in [-0.39, 0.29) is 5.78 Å². The van der Waals surface area contributed by atoms with Crippen molar-refractivity contribution >= 4 is 11.5 Å². The fourth-order valence-corrected chi connectivity index (χ4v) is 3.95. The summed E-state index contributed by atoms with van der Waals surface area (Å²) < 4.78 is 5.56. The highest BCUT2D eigenvalue weighted by Gasteiger charge is 2.43. The normalized spacial score (nSPS) is 17.3. The lowest BCUT2D eigenvalue weighted by Crippen LogP contribution is -2.59. The van der Waals surface area contributed by atoms with E-state index in [1.807, 2.05) is 61.5 Å². The largest absolute Gasteiger partial charge is 0.379 e. The maximum absolute atomic E-state index is 13.8. The summed E-state index contributed by atoms with van der Waals surface area (Å²) in [5, 5.41) is 0. The number of benzene rings is 2. The first kappa shape index (κ1) is 19.6. The van der Waals surface area contributed by atoms with E-state index in [1.165, 1.54) is 5.56 Å². The van der Waals surface area contributed by atoms with Crippen molar-refractivity contribution in [2.75, 3.05) is 45.3 Å². The molecule has 1 unspecified atom stereocenters. The second kappa shape index (κ2) is 8.68. The summed E-state index contributed by atoms with van der Waals surface area (Å²) in [7, 11) is 4.02. The smallest absolute Gasteiger partial charge is 0.183 e. The fourth-order valence-electron chi connectivity index (χ4n) is 3.95. The van der Waals surface area contributed by atoms with Crippen LogP contribution in [0.4, 0.5) is 5.69 Å². The molecule has 1 heterocycles. The zero-order chi connectivity index (χ0) is 19.3. The molecule has 1 atom stereocenters. The zero-order valence-electron chi connectivity index (χ0n) is 16.6. The Balaban J connectivity index is 1.97. The molecule has 0 N–H and O–H groups in total. The van der Waals surface area contributed by atoms with Crippen LogP contribution in [0.2, 0.25) is 0 Å². The second-order valence-corrected chi connectivity index (χ2v) is 7.42. The highest BCUT2D eigenvalue weighted by molar-refractivity contribution is 6.03. The molecule has 0 spiro atoms. The topological polar surface area (TPSA) is 32.8 Å². The van der Waals surface area contributed by atoms with Crippen LogP contribution in [0.25, 0.3) is 0 Å². The highest BCUT2D eigenvalue weighted by atomic mass is 16.5. The van der Waals surface area contributed by atoms with Crippen molar-refractivity contribution in [1.29, 1.82) is 0 Å². The Morgan fingerprint density at radius 1 is 1.04 bits per heavy atom. The van der Waals surface area contributed by atoms with Crippen LogP contribution in [0.3, 0.4) is 0 Å². The van der Waals surface area contributed by atoms with Gasteiger partial charge in [0.1, 0.15) is 0 Å². The first-order valence-electron chi connectivity index (χ1n) is 9.76. The third kappa shape index (κ3) is 4.23. The van der Waals surface area contributed by atoms with Crippen molar-refractivity contribution in [2.24, 2.45) is 0 Å². The molecule has 4 nitrogen and oxygen atoms in total. The van der Waals surface area contributed by atoms with Crippen molar-refractivity contribution in [2.45, 2.75) is 25.3 Å². The van der Waals surface area contributed by atoms with Crippen LogP contribution in [0.15, 0.2) is 54.6 Å². The molecule has 0 radical (unpaired) electrons. The number of nitrogens with zero attached hydrogens (tertiary/aromatic N) is 2. The predicted molar refractivity (Wildman–Crippen MR) is 111 cm³/mol. The van der Waals surface area contributed by atoms with Crippen LogP contribution in [0.1, 0.15) is 29.3 Å². The van der Waals surface area contributed by atoms with E-state index in [1.54, 1.807) is 0 Å². The van der Waals surface area contributed by atoms with Gasteiger partial charge in [0.05, 0.1) is 18.8 Å². The predicted octanol–water partition coefficient (Wildman–Crippen LogP) is 3.66. The number of carbonyl (C=O) groups excluding carboxylic acids is 1. The Kier molecular flexibility index (Phi) is 6.30. The van der Waals surface area contributed by atoms with Crippen molar-refractivity contribution in [3.63, 3.8) is 0 Å². The third-order valence-corrected chi connectivity index (χ3v) is 5.61. The number of ether oxygens (including phenoxy) is 1. The summed E-state index contributed by atoms with van der Waals surface area (Å²) in [6.45, 7) is 5.08. The molecule has 27 heavy (non-hydrogen) atoms. The van der Waals surface area contributed by atoms with Gasteiger partial charge in [-0.25, -0.2) is 0 Å². The van der Waals surface area contributed by atoms with E-state index in [0.717, 1.165) is 37.2 Å². The number of Topliss-reactive ketones (excluding diaryl/α,β-unsaturated/α-hetero) is 1. The molecular formula is C23H30N2O2. The van der Waals surface area contributed by atoms with Gasteiger partial charge in [-0.3, -0.25) is 9.69 Å². The van der Waals surface area contributed by atoms with Crippen LogP contribution < -0.4 is 4.90 Å². The van der Waals surface area contributed by atoms with Crippen LogP contribution >= 0.6 is 0 Å². The molecule has 0 aromatic heterocycles. The standard InChI is InChI=1S/C23H30N2O2/c1-4-23(25-14-16-27-17-15-25,18-19-8-6-5-7-9-19)22(26)20-10-12-21(13-11-20)24(2)3/h5-13H,4,14-18H2,1-3H3. The van der Waals surface area contributed by atoms with Crippen LogP contribution in [-0.4, -0.2) is 56.6 Å². The Bertz CT molecular complexity index is 737. The summed E-state index contributed by atoms with van der Waals surface area (Å²) in [5.74, 6) is 0.209.